The number of rotatable bonds is 1. The van der Waals surface area contributed by atoms with Gasteiger partial charge in [-0.2, -0.15) is 0 Å². The SMILES string of the molecule is Cn1cc(-c2ccncc2F)c(=O)[nH]1. The zero-order valence-electron chi connectivity index (χ0n) is 7.49. The van der Waals surface area contributed by atoms with E-state index in [1.54, 1.807) is 13.2 Å². The van der Waals surface area contributed by atoms with E-state index in [2.05, 4.69) is 10.1 Å². The molecule has 0 saturated heterocycles. The molecule has 0 aromatic carbocycles. The number of halogens is 1. The summed E-state index contributed by atoms with van der Waals surface area (Å²) in [6, 6.07) is 1.47. The summed E-state index contributed by atoms with van der Waals surface area (Å²) in [5.41, 5.74) is 0.270. The molecule has 0 aliphatic rings. The second-order valence-corrected chi connectivity index (χ2v) is 2.95. The van der Waals surface area contributed by atoms with Crippen LogP contribution in [-0.2, 0) is 7.05 Å². The summed E-state index contributed by atoms with van der Waals surface area (Å²) >= 11 is 0. The molecule has 72 valence electrons. The molecule has 0 unspecified atom stereocenters. The fraction of sp³-hybridized carbons (Fsp3) is 0.111. The zero-order chi connectivity index (χ0) is 10.1. The maximum absolute atomic E-state index is 13.2. The number of hydrogen-bond acceptors (Lipinski definition) is 2. The van der Waals surface area contributed by atoms with Crippen LogP contribution in [0.1, 0.15) is 0 Å². The highest BCUT2D eigenvalue weighted by Crippen LogP contribution is 2.16. The van der Waals surface area contributed by atoms with E-state index in [1.165, 1.54) is 16.9 Å². The van der Waals surface area contributed by atoms with Crippen LogP contribution < -0.4 is 5.56 Å². The first-order valence-electron chi connectivity index (χ1n) is 4.04. The molecule has 0 saturated carbocycles. The molecule has 0 amide bonds. The van der Waals surface area contributed by atoms with Gasteiger partial charge in [-0.1, -0.05) is 0 Å². The van der Waals surface area contributed by atoms with E-state index in [0.717, 1.165) is 6.20 Å². The highest BCUT2D eigenvalue weighted by Gasteiger charge is 2.09. The first-order chi connectivity index (χ1) is 6.68. The third-order valence-corrected chi connectivity index (χ3v) is 1.91. The molecule has 1 N–H and O–H groups in total. The van der Waals surface area contributed by atoms with Crippen molar-refractivity contribution in [1.29, 1.82) is 0 Å². The molecule has 0 fully saturated rings. The topological polar surface area (TPSA) is 50.7 Å². The van der Waals surface area contributed by atoms with Crippen LogP contribution >= 0.6 is 0 Å². The molecule has 4 nitrogen and oxygen atoms in total. The van der Waals surface area contributed by atoms with E-state index < -0.39 is 5.82 Å². The number of pyridine rings is 1. The summed E-state index contributed by atoms with van der Waals surface area (Å²) < 4.78 is 14.7. The Kier molecular flexibility index (Phi) is 1.92. The van der Waals surface area contributed by atoms with E-state index in [0.29, 0.717) is 5.56 Å². The van der Waals surface area contributed by atoms with E-state index >= 15 is 0 Å². The lowest BCUT2D eigenvalue weighted by atomic mass is 10.1. The molecule has 2 heterocycles. The highest BCUT2D eigenvalue weighted by atomic mass is 19.1. The largest absolute Gasteiger partial charge is 0.295 e. The van der Waals surface area contributed by atoms with Crippen LogP contribution in [0, 0.1) is 5.82 Å². The van der Waals surface area contributed by atoms with Crippen LogP contribution in [-0.4, -0.2) is 14.8 Å². The Labute approximate surface area is 79.0 Å². The minimum absolute atomic E-state index is 0.266. The summed E-state index contributed by atoms with van der Waals surface area (Å²) in [5.74, 6) is -0.496. The van der Waals surface area contributed by atoms with Crippen molar-refractivity contribution in [3.63, 3.8) is 0 Å². The molecule has 0 radical (unpaired) electrons. The molecular weight excluding hydrogens is 185 g/mol. The van der Waals surface area contributed by atoms with Gasteiger partial charge in [-0.05, 0) is 6.07 Å². The van der Waals surface area contributed by atoms with Crippen LogP contribution in [0.25, 0.3) is 11.1 Å². The summed E-state index contributed by atoms with van der Waals surface area (Å²) in [6.45, 7) is 0. The Bertz CT molecular complexity index is 515. The van der Waals surface area contributed by atoms with E-state index in [1.807, 2.05) is 0 Å². The van der Waals surface area contributed by atoms with Crippen molar-refractivity contribution in [3.8, 4) is 11.1 Å². The molecular formula is C9H8FN3O. The van der Waals surface area contributed by atoms with Crippen molar-refractivity contribution in [1.82, 2.24) is 14.8 Å². The van der Waals surface area contributed by atoms with Crippen molar-refractivity contribution in [2.24, 2.45) is 7.05 Å². The lowest BCUT2D eigenvalue weighted by molar-refractivity contribution is 0.625. The average Bonchev–Trinajstić information content (AvgIpc) is 2.46. The van der Waals surface area contributed by atoms with E-state index in [9.17, 15) is 9.18 Å². The van der Waals surface area contributed by atoms with Crippen LogP contribution in [0.2, 0.25) is 0 Å². The van der Waals surface area contributed by atoms with Gasteiger partial charge in [-0.15, -0.1) is 0 Å². The van der Waals surface area contributed by atoms with Crippen molar-refractivity contribution < 1.29 is 4.39 Å². The van der Waals surface area contributed by atoms with Gasteiger partial charge in [-0.3, -0.25) is 19.6 Å². The smallest absolute Gasteiger partial charge is 0.272 e. The highest BCUT2D eigenvalue weighted by molar-refractivity contribution is 5.61. The third-order valence-electron chi connectivity index (χ3n) is 1.91. The zero-order valence-corrected chi connectivity index (χ0v) is 7.49. The summed E-state index contributed by atoms with van der Waals surface area (Å²) in [4.78, 5) is 14.9. The van der Waals surface area contributed by atoms with Crippen LogP contribution in [0.15, 0.2) is 29.5 Å². The van der Waals surface area contributed by atoms with Crippen LogP contribution in [0.3, 0.4) is 0 Å². The maximum atomic E-state index is 13.2. The fourth-order valence-electron chi connectivity index (χ4n) is 1.29. The van der Waals surface area contributed by atoms with Gasteiger partial charge in [0.1, 0.15) is 5.82 Å². The minimum atomic E-state index is -0.496. The van der Waals surface area contributed by atoms with E-state index in [-0.39, 0.29) is 11.1 Å². The van der Waals surface area contributed by atoms with Crippen molar-refractivity contribution in [2.75, 3.05) is 0 Å². The Morgan fingerprint density at radius 3 is 2.86 bits per heavy atom. The average molecular weight is 193 g/mol. The summed E-state index contributed by atoms with van der Waals surface area (Å²) in [7, 11) is 1.67. The number of hydrogen-bond donors (Lipinski definition) is 1. The molecule has 0 spiro atoms. The number of aromatic nitrogens is 3. The molecule has 5 heteroatoms. The Morgan fingerprint density at radius 1 is 1.50 bits per heavy atom. The second kappa shape index (κ2) is 3.10. The normalized spacial score (nSPS) is 10.4. The molecule has 14 heavy (non-hydrogen) atoms. The van der Waals surface area contributed by atoms with Crippen molar-refractivity contribution in [3.05, 3.63) is 40.8 Å². The van der Waals surface area contributed by atoms with Crippen molar-refractivity contribution >= 4 is 0 Å². The molecule has 0 aliphatic heterocycles. The number of nitrogens with zero attached hydrogens (tertiary/aromatic N) is 2. The molecule has 2 rings (SSSR count). The third kappa shape index (κ3) is 1.32. The number of nitrogens with one attached hydrogen (secondary N) is 1. The maximum Gasteiger partial charge on any atom is 0.272 e. The molecule has 2 aromatic heterocycles. The number of H-pyrrole nitrogens is 1. The first kappa shape index (κ1) is 8.68. The Balaban J connectivity index is 2.66. The molecule has 2 aromatic rings. The molecule has 0 bridgehead atoms. The van der Waals surface area contributed by atoms with Crippen LogP contribution in [0.5, 0.6) is 0 Å². The lowest BCUT2D eigenvalue weighted by Crippen LogP contribution is -2.04. The summed E-state index contributed by atoms with van der Waals surface area (Å²) in [6.07, 6.45) is 4.08. The predicted molar refractivity (Wildman–Crippen MR) is 49.2 cm³/mol. The fourth-order valence-corrected chi connectivity index (χ4v) is 1.29. The summed E-state index contributed by atoms with van der Waals surface area (Å²) in [5, 5.41) is 2.51. The van der Waals surface area contributed by atoms with Crippen LogP contribution in [0.4, 0.5) is 4.39 Å². The van der Waals surface area contributed by atoms with E-state index in [4.69, 9.17) is 0 Å². The first-order valence-corrected chi connectivity index (χ1v) is 4.04. The van der Waals surface area contributed by atoms with Gasteiger partial charge in [-0.25, -0.2) is 4.39 Å². The Hall–Kier alpha value is -1.91. The Morgan fingerprint density at radius 2 is 2.29 bits per heavy atom. The van der Waals surface area contributed by atoms with Gasteiger partial charge >= 0.3 is 0 Å². The van der Waals surface area contributed by atoms with Gasteiger partial charge in [0.2, 0.25) is 0 Å². The van der Waals surface area contributed by atoms with Gasteiger partial charge in [0.15, 0.2) is 0 Å². The minimum Gasteiger partial charge on any atom is -0.295 e. The number of aromatic amines is 1. The van der Waals surface area contributed by atoms with Crippen molar-refractivity contribution in [2.45, 2.75) is 0 Å². The molecule has 0 aliphatic carbocycles. The number of aryl methyl sites for hydroxylation is 1. The standard InChI is InChI=1S/C9H8FN3O/c1-13-5-7(9(14)12-13)6-2-3-11-4-8(6)10/h2-5H,1H3,(H,12,14). The quantitative estimate of drug-likeness (QED) is 0.732. The van der Waals surface area contributed by atoms with Gasteiger partial charge in [0.05, 0.1) is 11.8 Å². The second-order valence-electron chi connectivity index (χ2n) is 2.95. The molecule has 0 atom stereocenters. The van der Waals surface area contributed by atoms with Gasteiger partial charge in [0, 0.05) is 25.0 Å². The monoisotopic (exact) mass is 193 g/mol. The predicted octanol–water partition coefficient (Wildman–Crippen LogP) is 0.914. The van der Waals surface area contributed by atoms with Gasteiger partial charge < -0.3 is 0 Å². The lowest BCUT2D eigenvalue weighted by Gasteiger charge is -1.95. The van der Waals surface area contributed by atoms with Gasteiger partial charge in [0.25, 0.3) is 5.56 Å².